The van der Waals surface area contributed by atoms with Crippen LogP contribution in [0.15, 0.2) is 164 Å². The summed E-state index contributed by atoms with van der Waals surface area (Å²) in [7, 11) is 7.50. The smallest absolute Gasteiger partial charge is 0.123 e. The summed E-state index contributed by atoms with van der Waals surface area (Å²) in [5.41, 5.74) is 9.44. The molecule has 0 spiro atoms. The first-order chi connectivity index (χ1) is 43.1. The Morgan fingerprint density at radius 1 is 0.462 bits per heavy atom. The van der Waals surface area contributed by atoms with Gasteiger partial charge in [-0.1, -0.05) is 271 Å². The highest BCUT2D eigenvalue weighted by molar-refractivity contribution is 5.26. The molecule has 6 nitrogen and oxygen atoms in total. The van der Waals surface area contributed by atoms with Crippen LogP contribution in [0.25, 0.3) is 0 Å². The van der Waals surface area contributed by atoms with Gasteiger partial charge in [0.2, 0.25) is 0 Å². The first-order valence-corrected chi connectivity index (χ1v) is 34.7. The SMILES string of the molecule is CC(C)C(C)c1ccc(F)cc1.CC(C)C(C)c1ccccc1.CC(C)C(C)c1ccccn1.CC(C)C1CN(C)CC1c1ccccc1.CCOC(C)C(C)C.COCC(c1ccc(C)cc1)C(C)C.COCC(c1ccccc1)C(C)C.COCCC(C)C. The maximum absolute atomic E-state index is 12.6. The number of halogens is 1. The highest BCUT2D eigenvalue weighted by Gasteiger charge is 2.33. The van der Waals surface area contributed by atoms with Crippen molar-refractivity contribution in [3.05, 3.63) is 209 Å². The Hall–Kier alpha value is -5.02. The monoisotopic (exact) mass is 1260 g/mol. The van der Waals surface area contributed by atoms with Gasteiger partial charge in [0.05, 0.1) is 19.3 Å². The van der Waals surface area contributed by atoms with E-state index in [9.17, 15) is 4.39 Å². The normalized spacial score (nSPS) is 15.5. The molecule has 512 valence electrons. The standard InChI is InChI=1S/C14H21N.C13H20O.C12H18O.C11H15F.C11H16.C10H15N.C7H16O.C6H14O/c1-11(2)13-9-15(3)10-14(13)12-7-5-4-6-8-12;1-10(2)13(9-14-4)12-7-5-11(3)6-8-12;1-10(2)12(9-13-3)11-7-5-4-6-8-11;1-8(2)9(3)10-4-6-11(12)7-5-10;1-9(2)10(3)11-7-5-4-6-8-11;1-8(2)9(3)10-6-4-5-7-11-10;1-5-8-7(4)6(2)3;1-6(2)4-5-7-3/h4-8,11,13-14H,9-10H2,1-3H3;5-8,10,13H,9H2,1-4H3;4-8,10,12H,9H2,1-3H3;4-9H,1-3H3;4-10H,1-3H3;4-9H,1-3H3;6-7H,5H2,1-4H3;6H,4-5H2,1-3H3. The van der Waals surface area contributed by atoms with E-state index in [0.717, 1.165) is 56.0 Å². The van der Waals surface area contributed by atoms with E-state index in [0.29, 0.717) is 65.3 Å². The van der Waals surface area contributed by atoms with Crippen molar-refractivity contribution < 1.29 is 23.3 Å². The van der Waals surface area contributed by atoms with Gasteiger partial charge in [-0.25, -0.2) is 4.39 Å². The summed E-state index contributed by atoms with van der Waals surface area (Å²) in [6.45, 7) is 54.4. The van der Waals surface area contributed by atoms with Crippen molar-refractivity contribution in [1.82, 2.24) is 9.88 Å². The lowest BCUT2D eigenvalue weighted by molar-refractivity contribution is 0.0443. The Bertz CT molecular complexity index is 2500. The number of likely N-dealkylation sites (tertiary alicyclic amines) is 1. The molecule has 5 aromatic carbocycles. The molecule has 7 heteroatoms. The predicted octanol–water partition coefficient (Wildman–Crippen LogP) is 23.1. The second kappa shape index (κ2) is 50.5. The number of pyridine rings is 1. The number of hydrogen-bond donors (Lipinski definition) is 0. The molecule has 7 rings (SSSR count). The minimum absolute atomic E-state index is 0.158. The zero-order valence-corrected chi connectivity index (χ0v) is 62.7. The summed E-state index contributed by atoms with van der Waals surface area (Å²) in [5, 5.41) is 0. The van der Waals surface area contributed by atoms with Gasteiger partial charge in [0.1, 0.15) is 5.82 Å². The van der Waals surface area contributed by atoms with Gasteiger partial charge in [0, 0.05) is 83.2 Å². The molecule has 0 radical (unpaired) electrons. The molecule has 1 aromatic heterocycles. The summed E-state index contributed by atoms with van der Waals surface area (Å²) in [6.07, 6.45) is 3.45. The van der Waals surface area contributed by atoms with Gasteiger partial charge in [0.15, 0.2) is 0 Å². The minimum atomic E-state index is -0.158. The lowest BCUT2D eigenvalue weighted by Crippen LogP contribution is -2.17. The molecule has 6 aromatic rings. The third-order valence-electron chi connectivity index (χ3n) is 17.8. The minimum Gasteiger partial charge on any atom is -0.385 e. The van der Waals surface area contributed by atoms with E-state index in [-0.39, 0.29) is 5.82 Å². The van der Waals surface area contributed by atoms with E-state index in [4.69, 9.17) is 18.9 Å². The first kappa shape index (κ1) is 86.0. The lowest BCUT2D eigenvalue weighted by atomic mass is 9.82. The number of ether oxygens (including phenoxy) is 4. The van der Waals surface area contributed by atoms with Crippen LogP contribution < -0.4 is 0 Å². The quantitative estimate of drug-likeness (QED) is 0.0675. The number of aromatic nitrogens is 1. The van der Waals surface area contributed by atoms with Crippen LogP contribution in [0.4, 0.5) is 4.39 Å². The van der Waals surface area contributed by atoms with Gasteiger partial charge in [-0.15, -0.1) is 0 Å². The van der Waals surface area contributed by atoms with E-state index in [1.165, 1.54) is 70.7 Å². The fraction of sp³-hybridized carbons (Fsp3) is 0.583. The summed E-state index contributed by atoms with van der Waals surface area (Å²) >= 11 is 0. The van der Waals surface area contributed by atoms with Crippen LogP contribution in [-0.4, -0.2) is 83.9 Å². The molecule has 0 aliphatic carbocycles. The predicted molar refractivity (Wildman–Crippen MR) is 396 cm³/mol. The molecule has 1 saturated heterocycles. The van der Waals surface area contributed by atoms with Gasteiger partial charge in [-0.05, 0) is 151 Å². The van der Waals surface area contributed by atoms with Gasteiger partial charge in [-0.3, -0.25) is 4.98 Å². The number of methoxy groups -OCH3 is 3. The fourth-order valence-corrected chi connectivity index (χ4v) is 10.1. The Balaban J connectivity index is 0.00000103. The van der Waals surface area contributed by atoms with Crippen LogP contribution in [0.3, 0.4) is 0 Å². The molecule has 0 bridgehead atoms. The molecule has 8 atom stereocenters. The lowest BCUT2D eigenvalue weighted by Gasteiger charge is -2.22. The van der Waals surface area contributed by atoms with Crippen LogP contribution in [0, 0.1) is 66.0 Å². The number of likely N-dealkylation sites (N-methyl/N-ethyl adjacent to an activating group) is 1. The molecule has 8 unspecified atom stereocenters. The van der Waals surface area contributed by atoms with Crippen molar-refractivity contribution in [3.63, 3.8) is 0 Å². The summed E-state index contributed by atoms with van der Waals surface area (Å²) in [6, 6.07) is 53.8. The van der Waals surface area contributed by atoms with Crippen molar-refractivity contribution in [1.29, 1.82) is 0 Å². The third kappa shape index (κ3) is 38.1. The third-order valence-corrected chi connectivity index (χ3v) is 17.8. The van der Waals surface area contributed by atoms with Gasteiger partial charge < -0.3 is 23.8 Å². The van der Waals surface area contributed by atoms with Gasteiger partial charge in [0.25, 0.3) is 0 Å². The molecule has 1 fully saturated rings. The molecule has 0 saturated carbocycles. The van der Waals surface area contributed by atoms with Crippen molar-refractivity contribution in [2.45, 2.75) is 200 Å². The van der Waals surface area contributed by atoms with E-state index < -0.39 is 0 Å². The van der Waals surface area contributed by atoms with Crippen LogP contribution in [0.5, 0.6) is 0 Å². The topological polar surface area (TPSA) is 53.1 Å². The van der Waals surface area contributed by atoms with E-state index in [1.807, 2.05) is 43.5 Å². The van der Waals surface area contributed by atoms with Crippen LogP contribution in [0.2, 0.25) is 0 Å². The molecule has 2 heterocycles. The molecular formula is C84H135FN2O4. The van der Waals surface area contributed by atoms with Crippen molar-refractivity contribution in [2.75, 3.05) is 67.9 Å². The maximum atomic E-state index is 12.6. The first-order valence-electron chi connectivity index (χ1n) is 34.7. The molecule has 1 aliphatic rings. The number of aryl methyl sites for hydroxylation is 1. The average Bonchev–Trinajstić information content (AvgIpc) is 2.55. The number of rotatable bonds is 22. The Morgan fingerprint density at radius 2 is 0.879 bits per heavy atom. The van der Waals surface area contributed by atoms with E-state index in [1.54, 1.807) is 21.3 Å². The van der Waals surface area contributed by atoms with Gasteiger partial charge in [-0.2, -0.15) is 0 Å². The molecular weight excluding hydrogens is 1120 g/mol. The molecule has 0 N–H and O–H groups in total. The molecule has 0 amide bonds. The Labute approximate surface area is 560 Å². The Kier molecular flexibility index (Phi) is 47.7. The maximum Gasteiger partial charge on any atom is 0.123 e. The van der Waals surface area contributed by atoms with Gasteiger partial charge >= 0.3 is 0 Å². The highest BCUT2D eigenvalue weighted by Crippen LogP contribution is 2.36. The summed E-state index contributed by atoms with van der Waals surface area (Å²) < 4.78 is 33.2. The second-order valence-corrected chi connectivity index (χ2v) is 28.0. The summed E-state index contributed by atoms with van der Waals surface area (Å²) in [4.78, 5) is 6.76. The zero-order valence-electron chi connectivity index (χ0n) is 62.7. The van der Waals surface area contributed by atoms with Crippen molar-refractivity contribution >= 4 is 0 Å². The van der Waals surface area contributed by atoms with E-state index >= 15 is 0 Å². The molecule has 1 aliphatic heterocycles. The van der Waals surface area contributed by atoms with Crippen molar-refractivity contribution in [2.24, 2.45) is 53.3 Å². The fourth-order valence-electron chi connectivity index (χ4n) is 10.1. The Morgan fingerprint density at radius 3 is 1.23 bits per heavy atom. The van der Waals surface area contributed by atoms with Crippen molar-refractivity contribution in [3.8, 4) is 0 Å². The second-order valence-electron chi connectivity index (χ2n) is 28.0. The number of nitrogens with zero attached hydrogens (tertiary/aromatic N) is 2. The van der Waals surface area contributed by atoms with E-state index in [2.05, 4.69) is 278 Å². The zero-order chi connectivity index (χ0) is 69.0. The molecule has 91 heavy (non-hydrogen) atoms. The van der Waals surface area contributed by atoms with Crippen LogP contribution >= 0.6 is 0 Å². The average molecular weight is 1260 g/mol. The van der Waals surface area contributed by atoms with Crippen LogP contribution in [-0.2, 0) is 18.9 Å². The highest BCUT2D eigenvalue weighted by atomic mass is 19.1. The summed E-state index contributed by atoms with van der Waals surface area (Å²) in [5.74, 6) is 9.64. The van der Waals surface area contributed by atoms with Crippen LogP contribution in [0.1, 0.15) is 226 Å². The number of benzene rings is 5. The largest absolute Gasteiger partial charge is 0.385 e. The number of hydrogen-bond acceptors (Lipinski definition) is 6.